The van der Waals surface area contributed by atoms with Crippen molar-refractivity contribution in [3.8, 4) is 0 Å². The topological polar surface area (TPSA) is 42.0 Å². The van der Waals surface area contributed by atoms with Gasteiger partial charge in [0.2, 0.25) is 0 Å². The highest BCUT2D eigenvalue weighted by molar-refractivity contribution is 7.07. The van der Waals surface area contributed by atoms with Crippen molar-refractivity contribution in [2.75, 3.05) is 0 Å². The lowest BCUT2D eigenvalue weighted by atomic mass is 9.83. The second-order valence-electron chi connectivity index (χ2n) is 4.85. The van der Waals surface area contributed by atoms with Crippen molar-refractivity contribution in [3.63, 3.8) is 0 Å². The van der Waals surface area contributed by atoms with E-state index in [-0.39, 0.29) is 5.91 Å². The van der Waals surface area contributed by atoms with Gasteiger partial charge in [-0.2, -0.15) is 0 Å². The van der Waals surface area contributed by atoms with Crippen LogP contribution in [0.4, 0.5) is 0 Å². The first kappa shape index (κ1) is 12.6. The zero-order valence-electron chi connectivity index (χ0n) is 10.3. The van der Waals surface area contributed by atoms with Crippen LogP contribution in [0.1, 0.15) is 55.9 Å². The number of hydrogen-bond donors (Lipinski definition) is 1. The summed E-state index contributed by atoms with van der Waals surface area (Å²) >= 11 is 1.46. The second-order valence-corrected chi connectivity index (χ2v) is 5.57. The van der Waals surface area contributed by atoms with E-state index in [2.05, 4.69) is 17.2 Å². The average molecular weight is 252 g/mol. The van der Waals surface area contributed by atoms with Gasteiger partial charge < -0.3 is 5.32 Å². The Balaban J connectivity index is 1.76. The molecule has 2 rings (SSSR count). The van der Waals surface area contributed by atoms with Gasteiger partial charge in [0.25, 0.3) is 5.91 Å². The Morgan fingerprint density at radius 1 is 1.47 bits per heavy atom. The lowest BCUT2D eigenvalue weighted by molar-refractivity contribution is 0.0917. The molecule has 1 saturated carbocycles. The maximum Gasteiger partial charge on any atom is 0.270 e. The van der Waals surface area contributed by atoms with Crippen LogP contribution < -0.4 is 5.32 Å². The van der Waals surface area contributed by atoms with Gasteiger partial charge in [-0.05, 0) is 31.6 Å². The van der Waals surface area contributed by atoms with Crippen molar-refractivity contribution in [1.29, 1.82) is 0 Å². The normalized spacial score (nSPS) is 24.5. The van der Waals surface area contributed by atoms with Crippen LogP contribution in [0.5, 0.6) is 0 Å². The smallest absolute Gasteiger partial charge is 0.270 e. The van der Waals surface area contributed by atoms with Crippen LogP contribution in [0.2, 0.25) is 0 Å². The second kappa shape index (κ2) is 6.15. The first-order valence-corrected chi connectivity index (χ1v) is 7.43. The van der Waals surface area contributed by atoms with E-state index in [1.807, 2.05) is 0 Å². The number of amides is 1. The number of carbonyl (C=O) groups excluding carboxylic acids is 1. The largest absolute Gasteiger partial charge is 0.348 e. The number of hydrogen-bond acceptors (Lipinski definition) is 3. The van der Waals surface area contributed by atoms with E-state index < -0.39 is 0 Å². The van der Waals surface area contributed by atoms with Crippen molar-refractivity contribution in [1.82, 2.24) is 10.3 Å². The summed E-state index contributed by atoms with van der Waals surface area (Å²) in [5, 5.41) is 4.89. The maximum absolute atomic E-state index is 11.8. The molecule has 0 unspecified atom stereocenters. The minimum atomic E-state index is -0.00908. The molecular weight excluding hydrogens is 232 g/mol. The van der Waals surface area contributed by atoms with Crippen LogP contribution in [0.3, 0.4) is 0 Å². The lowest BCUT2D eigenvalue weighted by Gasteiger charge is -2.28. The van der Waals surface area contributed by atoms with Gasteiger partial charge in [-0.25, -0.2) is 4.98 Å². The molecule has 1 amide bonds. The SMILES string of the molecule is CCCC1CCC(NC(=O)c2cscn2)CC1. The molecule has 0 radical (unpaired) electrons. The molecule has 1 fully saturated rings. The number of nitrogens with one attached hydrogen (secondary N) is 1. The first-order valence-electron chi connectivity index (χ1n) is 6.48. The molecule has 0 aromatic carbocycles. The molecule has 0 saturated heterocycles. The monoisotopic (exact) mass is 252 g/mol. The number of aromatic nitrogens is 1. The fourth-order valence-electron chi connectivity index (χ4n) is 2.59. The summed E-state index contributed by atoms with van der Waals surface area (Å²) < 4.78 is 0. The molecule has 1 aromatic rings. The summed E-state index contributed by atoms with van der Waals surface area (Å²) in [7, 11) is 0. The fourth-order valence-corrected chi connectivity index (χ4v) is 3.12. The lowest BCUT2D eigenvalue weighted by Crippen LogP contribution is -2.37. The van der Waals surface area contributed by atoms with Crippen LogP contribution in [-0.2, 0) is 0 Å². The Labute approximate surface area is 107 Å². The van der Waals surface area contributed by atoms with E-state index in [0.717, 1.165) is 18.8 Å². The van der Waals surface area contributed by atoms with E-state index in [1.165, 1.54) is 37.0 Å². The van der Waals surface area contributed by atoms with Gasteiger partial charge in [-0.1, -0.05) is 19.8 Å². The quantitative estimate of drug-likeness (QED) is 0.894. The molecule has 94 valence electrons. The minimum absolute atomic E-state index is 0.00908. The van der Waals surface area contributed by atoms with Crippen LogP contribution >= 0.6 is 11.3 Å². The molecule has 0 spiro atoms. The van der Waals surface area contributed by atoms with Crippen LogP contribution in [0.15, 0.2) is 10.9 Å². The summed E-state index contributed by atoms with van der Waals surface area (Å²) in [6, 6.07) is 0.359. The van der Waals surface area contributed by atoms with E-state index in [1.54, 1.807) is 10.9 Å². The molecule has 0 atom stereocenters. The fraction of sp³-hybridized carbons (Fsp3) is 0.692. The van der Waals surface area contributed by atoms with Crippen molar-refractivity contribution in [2.45, 2.75) is 51.5 Å². The van der Waals surface area contributed by atoms with Crippen LogP contribution in [-0.4, -0.2) is 16.9 Å². The maximum atomic E-state index is 11.8. The third-order valence-electron chi connectivity index (χ3n) is 3.54. The highest BCUT2D eigenvalue weighted by atomic mass is 32.1. The van der Waals surface area contributed by atoms with E-state index in [9.17, 15) is 4.79 Å². The van der Waals surface area contributed by atoms with Crippen LogP contribution in [0.25, 0.3) is 0 Å². The molecule has 1 heterocycles. The van der Waals surface area contributed by atoms with Gasteiger partial charge in [-0.15, -0.1) is 11.3 Å². The van der Waals surface area contributed by atoms with E-state index in [4.69, 9.17) is 0 Å². The highest BCUT2D eigenvalue weighted by Gasteiger charge is 2.22. The molecule has 3 nitrogen and oxygen atoms in total. The Hall–Kier alpha value is -0.900. The average Bonchev–Trinajstić information content (AvgIpc) is 2.86. The number of nitrogens with zero attached hydrogens (tertiary/aromatic N) is 1. The zero-order chi connectivity index (χ0) is 12.1. The van der Waals surface area contributed by atoms with Gasteiger partial charge in [-0.3, -0.25) is 4.79 Å². The van der Waals surface area contributed by atoms with Crippen molar-refractivity contribution in [2.24, 2.45) is 5.92 Å². The number of thiazole rings is 1. The van der Waals surface area contributed by atoms with Crippen molar-refractivity contribution < 1.29 is 4.79 Å². The first-order chi connectivity index (χ1) is 8.29. The molecule has 1 N–H and O–H groups in total. The Morgan fingerprint density at radius 3 is 2.82 bits per heavy atom. The van der Waals surface area contributed by atoms with Crippen molar-refractivity contribution in [3.05, 3.63) is 16.6 Å². The minimum Gasteiger partial charge on any atom is -0.348 e. The predicted molar refractivity (Wildman–Crippen MR) is 70.2 cm³/mol. The van der Waals surface area contributed by atoms with Crippen LogP contribution in [0, 0.1) is 5.92 Å². The summed E-state index contributed by atoms with van der Waals surface area (Å²) in [6.07, 6.45) is 7.39. The summed E-state index contributed by atoms with van der Waals surface area (Å²) in [5.41, 5.74) is 2.26. The number of carbonyl (C=O) groups is 1. The third-order valence-corrected chi connectivity index (χ3v) is 4.13. The van der Waals surface area contributed by atoms with Crippen molar-refractivity contribution >= 4 is 17.2 Å². The predicted octanol–water partition coefficient (Wildman–Crippen LogP) is 3.23. The molecule has 1 aromatic heterocycles. The zero-order valence-corrected chi connectivity index (χ0v) is 11.1. The molecule has 4 heteroatoms. The Kier molecular flexibility index (Phi) is 4.54. The Bertz CT molecular complexity index is 342. The van der Waals surface area contributed by atoms with E-state index in [0.29, 0.717) is 11.7 Å². The van der Waals surface area contributed by atoms with E-state index >= 15 is 0 Å². The van der Waals surface area contributed by atoms with Gasteiger partial charge in [0, 0.05) is 11.4 Å². The number of rotatable bonds is 4. The molecule has 0 bridgehead atoms. The van der Waals surface area contributed by atoms with Gasteiger partial charge in [0.05, 0.1) is 5.51 Å². The van der Waals surface area contributed by atoms with Gasteiger partial charge in [0.1, 0.15) is 5.69 Å². The molecule has 17 heavy (non-hydrogen) atoms. The standard InChI is InChI=1S/C13H20N2OS/c1-2-3-10-4-6-11(7-5-10)15-13(16)12-8-17-9-14-12/h8-11H,2-7H2,1H3,(H,15,16). The highest BCUT2D eigenvalue weighted by Crippen LogP contribution is 2.27. The molecule has 1 aliphatic carbocycles. The summed E-state index contributed by atoms with van der Waals surface area (Å²) in [4.78, 5) is 15.8. The summed E-state index contributed by atoms with van der Waals surface area (Å²) in [5.74, 6) is 0.873. The molecule has 0 aliphatic heterocycles. The molecular formula is C13H20N2OS. The summed E-state index contributed by atoms with van der Waals surface area (Å²) in [6.45, 7) is 2.25. The van der Waals surface area contributed by atoms with Gasteiger partial charge in [0.15, 0.2) is 0 Å². The Morgan fingerprint density at radius 2 is 2.24 bits per heavy atom. The van der Waals surface area contributed by atoms with Gasteiger partial charge >= 0.3 is 0 Å². The molecule has 1 aliphatic rings. The third kappa shape index (κ3) is 3.53.